The fraction of sp³-hybridized carbons (Fsp3) is 0.250. The van der Waals surface area contributed by atoms with Gasteiger partial charge in [-0.2, -0.15) is 0 Å². The van der Waals surface area contributed by atoms with Crippen molar-refractivity contribution in [2.45, 2.75) is 6.42 Å². The van der Waals surface area contributed by atoms with Gasteiger partial charge in [0.15, 0.2) is 0 Å². The van der Waals surface area contributed by atoms with Crippen LogP contribution in [0.2, 0.25) is 0 Å². The Hall–Kier alpha value is -1.24. The van der Waals surface area contributed by atoms with Gasteiger partial charge in [-0.05, 0) is 18.1 Å². The van der Waals surface area contributed by atoms with E-state index in [1.807, 2.05) is 6.08 Å². The second-order valence-electron chi connectivity index (χ2n) is 3.18. The number of anilines is 1. The standard InChI is InChI=1S/C12H13N/c1-2-9-13-10-5-7-11-6-3-4-8-12(11)13/h2-4,6,8H,1,5,9-10H2. The lowest BCUT2D eigenvalue weighted by Gasteiger charge is -2.29. The first kappa shape index (κ1) is 8.36. The molecule has 0 N–H and O–H groups in total. The minimum absolute atomic E-state index is 0.929. The molecule has 0 saturated heterocycles. The van der Waals surface area contributed by atoms with Crippen molar-refractivity contribution >= 4 is 5.69 Å². The predicted molar refractivity (Wildman–Crippen MR) is 55.8 cm³/mol. The van der Waals surface area contributed by atoms with E-state index in [9.17, 15) is 0 Å². The van der Waals surface area contributed by atoms with Gasteiger partial charge in [0.1, 0.15) is 0 Å². The van der Waals surface area contributed by atoms with Gasteiger partial charge in [0.2, 0.25) is 0 Å². The molecule has 13 heavy (non-hydrogen) atoms. The van der Waals surface area contributed by atoms with Crippen LogP contribution in [-0.4, -0.2) is 13.1 Å². The summed E-state index contributed by atoms with van der Waals surface area (Å²) in [6, 6.07) is 8.39. The van der Waals surface area contributed by atoms with Crippen molar-refractivity contribution < 1.29 is 0 Å². The monoisotopic (exact) mass is 171 g/mol. The minimum atomic E-state index is 0.929. The van der Waals surface area contributed by atoms with Crippen molar-refractivity contribution in [2.75, 3.05) is 18.0 Å². The first-order chi connectivity index (χ1) is 6.42. The molecule has 0 amide bonds. The van der Waals surface area contributed by atoms with E-state index in [1.165, 1.54) is 11.3 Å². The molecule has 1 aromatic rings. The number of para-hydroxylation sites is 1. The van der Waals surface area contributed by atoms with E-state index in [0.29, 0.717) is 0 Å². The van der Waals surface area contributed by atoms with Gasteiger partial charge in [-0.15, -0.1) is 6.58 Å². The number of nitrogens with zero attached hydrogens (tertiary/aromatic N) is 1. The van der Waals surface area contributed by atoms with Crippen LogP contribution in [0.3, 0.4) is 0 Å². The normalized spacial score (nSPS) is 15.2. The van der Waals surface area contributed by atoms with Crippen LogP contribution in [0.1, 0.15) is 12.0 Å². The summed E-state index contributed by atoms with van der Waals surface area (Å²) < 4.78 is 0. The Morgan fingerprint density at radius 2 is 2.31 bits per heavy atom. The minimum Gasteiger partial charge on any atom is -0.368 e. The molecular formula is C12H13N. The lowest BCUT2D eigenvalue weighted by Crippen LogP contribution is -2.28. The maximum Gasteiger partial charge on any atom is 0.0407 e. The fourth-order valence-corrected chi connectivity index (χ4v) is 1.69. The molecule has 1 nitrogen and oxygen atoms in total. The van der Waals surface area contributed by atoms with E-state index < -0.39 is 0 Å². The molecule has 0 bridgehead atoms. The summed E-state index contributed by atoms with van der Waals surface area (Å²) in [7, 11) is 0. The summed E-state index contributed by atoms with van der Waals surface area (Å²) in [6.45, 7) is 5.75. The largest absolute Gasteiger partial charge is 0.368 e. The number of hydrogen-bond acceptors (Lipinski definition) is 1. The average molecular weight is 171 g/mol. The molecule has 1 aliphatic heterocycles. The Morgan fingerprint density at radius 1 is 1.46 bits per heavy atom. The first-order valence-electron chi connectivity index (χ1n) is 4.60. The van der Waals surface area contributed by atoms with Gasteiger partial charge >= 0.3 is 0 Å². The Kier molecular flexibility index (Phi) is 2.35. The van der Waals surface area contributed by atoms with E-state index in [0.717, 1.165) is 19.5 Å². The van der Waals surface area contributed by atoms with Crippen molar-refractivity contribution in [3.63, 3.8) is 0 Å². The van der Waals surface area contributed by atoms with Gasteiger partial charge in [0.05, 0.1) is 0 Å². The molecule has 0 spiro atoms. The predicted octanol–water partition coefficient (Wildman–Crippen LogP) is 2.51. The third-order valence-electron chi connectivity index (χ3n) is 2.29. The molecule has 0 saturated carbocycles. The van der Waals surface area contributed by atoms with Gasteiger partial charge in [-0.3, -0.25) is 0 Å². The summed E-state index contributed by atoms with van der Waals surface area (Å²) in [5.41, 5.74) is 2.52. The van der Waals surface area contributed by atoms with Gasteiger partial charge in [0.25, 0.3) is 0 Å². The molecule has 0 atom stereocenters. The number of hydrogen-bond donors (Lipinski definition) is 0. The summed E-state index contributed by atoms with van der Waals surface area (Å²) in [6.07, 6.45) is 6.34. The van der Waals surface area contributed by atoms with Crippen molar-refractivity contribution in [1.29, 1.82) is 0 Å². The molecule has 0 aliphatic carbocycles. The zero-order chi connectivity index (χ0) is 9.10. The van der Waals surface area contributed by atoms with Crippen LogP contribution in [0.15, 0.2) is 36.9 Å². The van der Waals surface area contributed by atoms with E-state index in [4.69, 9.17) is 0 Å². The molecule has 0 fully saturated rings. The van der Waals surface area contributed by atoms with E-state index in [2.05, 4.69) is 42.2 Å². The Morgan fingerprint density at radius 3 is 3.15 bits per heavy atom. The topological polar surface area (TPSA) is 3.24 Å². The summed E-state index contributed by atoms with van der Waals surface area (Å²) in [5.74, 6) is 0. The molecule has 1 aromatic carbocycles. The quantitative estimate of drug-likeness (QED) is 0.618. The smallest absolute Gasteiger partial charge is 0.0407 e. The zero-order valence-electron chi connectivity index (χ0n) is 7.66. The van der Waals surface area contributed by atoms with Crippen LogP contribution >= 0.6 is 0 Å². The summed E-state index contributed by atoms with van der Waals surface area (Å²) in [5, 5.41) is 0. The molecule has 2 radical (unpaired) electrons. The number of fused-ring (bicyclic) bond motifs is 1. The second kappa shape index (κ2) is 3.65. The molecule has 2 rings (SSSR count). The average Bonchev–Trinajstić information content (AvgIpc) is 2.19. The Balaban J connectivity index is 2.31. The van der Waals surface area contributed by atoms with Crippen LogP contribution in [0.5, 0.6) is 0 Å². The van der Waals surface area contributed by atoms with Crippen molar-refractivity contribution in [3.8, 4) is 0 Å². The summed E-state index contributed by atoms with van der Waals surface area (Å²) in [4.78, 5) is 2.33. The van der Waals surface area contributed by atoms with Crippen molar-refractivity contribution in [3.05, 3.63) is 48.9 Å². The molecule has 0 unspecified atom stereocenters. The second-order valence-corrected chi connectivity index (χ2v) is 3.18. The van der Waals surface area contributed by atoms with E-state index in [-0.39, 0.29) is 0 Å². The molecule has 1 aliphatic rings. The van der Waals surface area contributed by atoms with Gasteiger partial charge in [-0.1, -0.05) is 24.3 Å². The SMILES string of the molecule is C=CCN1CC[C]c2ccccc21. The third-order valence-corrected chi connectivity index (χ3v) is 2.29. The Bertz CT molecular complexity index is 304. The molecule has 66 valence electrons. The number of rotatable bonds is 2. The van der Waals surface area contributed by atoms with Crippen LogP contribution < -0.4 is 4.90 Å². The highest BCUT2D eigenvalue weighted by Gasteiger charge is 2.14. The van der Waals surface area contributed by atoms with Crippen molar-refractivity contribution in [1.82, 2.24) is 0 Å². The molecule has 1 heteroatoms. The highest BCUT2D eigenvalue weighted by Crippen LogP contribution is 2.27. The molecular weight excluding hydrogens is 158 g/mol. The van der Waals surface area contributed by atoms with Gasteiger partial charge < -0.3 is 4.90 Å². The Labute approximate surface area is 79.7 Å². The zero-order valence-corrected chi connectivity index (χ0v) is 7.66. The highest BCUT2D eigenvalue weighted by molar-refractivity contribution is 5.59. The van der Waals surface area contributed by atoms with Gasteiger partial charge in [-0.25, -0.2) is 0 Å². The van der Waals surface area contributed by atoms with Gasteiger partial charge in [0, 0.05) is 25.2 Å². The lowest BCUT2D eigenvalue weighted by molar-refractivity contribution is 0.801. The van der Waals surface area contributed by atoms with Crippen molar-refractivity contribution in [2.24, 2.45) is 0 Å². The van der Waals surface area contributed by atoms with Crippen LogP contribution in [0, 0.1) is 6.42 Å². The molecule has 0 aromatic heterocycles. The lowest BCUT2D eigenvalue weighted by atomic mass is 10.0. The van der Waals surface area contributed by atoms with E-state index >= 15 is 0 Å². The number of benzene rings is 1. The van der Waals surface area contributed by atoms with Crippen LogP contribution in [0.25, 0.3) is 0 Å². The van der Waals surface area contributed by atoms with Crippen LogP contribution in [-0.2, 0) is 0 Å². The maximum absolute atomic E-state index is 3.77. The summed E-state index contributed by atoms with van der Waals surface area (Å²) >= 11 is 0. The third kappa shape index (κ3) is 1.59. The maximum atomic E-state index is 3.77. The van der Waals surface area contributed by atoms with E-state index in [1.54, 1.807) is 0 Å². The first-order valence-corrected chi connectivity index (χ1v) is 4.60. The molecule has 1 heterocycles. The fourth-order valence-electron chi connectivity index (χ4n) is 1.69. The highest BCUT2D eigenvalue weighted by atomic mass is 15.1. The van der Waals surface area contributed by atoms with Crippen LogP contribution in [0.4, 0.5) is 5.69 Å².